The molecule has 6 nitrogen and oxygen atoms in total. The van der Waals surface area contributed by atoms with Crippen molar-refractivity contribution in [1.29, 1.82) is 0 Å². The minimum atomic E-state index is -0.0637. The number of aryl methyl sites for hydroxylation is 2. The highest BCUT2D eigenvalue weighted by Crippen LogP contribution is 2.44. The molecule has 0 bridgehead atoms. The maximum atomic E-state index is 13.2. The van der Waals surface area contributed by atoms with E-state index in [4.69, 9.17) is 4.98 Å². The Labute approximate surface area is 170 Å². The Bertz CT molecular complexity index is 1070. The molecule has 2 aromatic heterocycles. The van der Waals surface area contributed by atoms with Gasteiger partial charge >= 0.3 is 0 Å². The second kappa shape index (κ2) is 6.79. The van der Waals surface area contributed by atoms with E-state index in [-0.39, 0.29) is 11.3 Å². The lowest BCUT2D eigenvalue weighted by Crippen LogP contribution is -2.48. The van der Waals surface area contributed by atoms with Gasteiger partial charge in [0.1, 0.15) is 0 Å². The van der Waals surface area contributed by atoms with E-state index in [2.05, 4.69) is 10.1 Å². The number of benzene rings is 1. The molecule has 29 heavy (non-hydrogen) atoms. The fourth-order valence-electron chi connectivity index (χ4n) is 4.85. The Balaban J connectivity index is 1.48. The average molecular weight is 387 g/mol. The molecule has 2 aliphatic rings. The van der Waals surface area contributed by atoms with Crippen molar-refractivity contribution in [1.82, 2.24) is 24.6 Å². The molecule has 1 fully saturated rings. The summed E-state index contributed by atoms with van der Waals surface area (Å²) in [5.74, 6) is 0.859. The van der Waals surface area contributed by atoms with E-state index in [9.17, 15) is 4.79 Å². The summed E-state index contributed by atoms with van der Waals surface area (Å²) in [6, 6.07) is 10.1. The standard InChI is InChI=1S/C23H25N5O/c1-16-19(14-25-27(16)2)22(29)28-12-6-10-23(15-28)11-9-18-13-24-21(26-20(18)23)17-7-4-3-5-8-17/h3-5,7-8,13-14H,6,9-12,15H2,1-2H3. The van der Waals surface area contributed by atoms with Gasteiger partial charge in [-0.2, -0.15) is 5.10 Å². The van der Waals surface area contributed by atoms with Gasteiger partial charge in [0.25, 0.3) is 5.91 Å². The second-order valence-corrected chi connectivity index (χ2v) is 8.31. The summed E-state index contributed by atoms with van der Waals surface area (Å²) < 4.78 is 1.76. The SMILES string of the molecule is Cc1c(C(=O)N2CCCC3(CCc4cnc(-c5ccccc5)nc43)C2)cnn1C. The molecule has 1 aromatic carbocycles. The molecule has 0 saturated carbocycles. The Morgan fingerprint density at radius 3 is 2.72 bits per heavy atom. The summed E-state index contributed by atoms with van der Waals surface area (Å²) in [5.41, 5.74) is 4.96. The van der Waals surface area contributed by atoms with Gasteiger partial charge in [0.2, 0.25) is 0 Å². The zero-order valence-electron chi connectivity index (χ0n) is 16.9. The predicted octanol–water partition coefficient (Wildman–Crippen LogP) is 3.31. The highest BCUT2D eigenvalue weighted by molar-refractivity contribution is 5.95. The van der Waals surface area contributed by atoms with Gasteiger partial charge in [-0.1, -0.05) is 30.3 Å². The monoisotopic (exact) mass is 387 g/mol. The van der Waals surface area contributed by atoms with Gasteiger partial charge in [0.15, 0.2) is 5.82 Å². The van der Waals surface area contributed by atoms with E-state index >= 15 is 0 Å². The van der Waals surface area contributed by atoms with Crippen molar-refractivity contribution in [2.45, 2.75) is 38.0 Å². The first kappa shape index (κ1) is 18.0. The van der Waals surface area contributed by atoms with Gasteiger partial charge in [0.05, 0.1) is 17.5 Å². The second-order valence-electron chi connectivity index (χ2n) is 8.31. The molecule has 1 spiro atoms. The minimum Gasteiger partial charge on any atom is -0.338 e. The van der Waals surface area contributed by atoms with Crippen LogP contribution in [0.15, 0.2) is 42.7 Å². The number of likely N-dealkylation sites (tertiary alicyclic amines) is 1. The number of aromatic nitrogens is 4. The fourth-order valence-corrected chi connectivity index (χ4v) is 4.85. The number of carbonyl (C=O) groups excluding carboxylic acids is 1. The molecule has 0 radical (unpaired) electrons. The van der Waals surface area contributed by atoms with Crippen molar-refractivity contribution in [2.24, 2.45) is 7.05 Å². The Morgan fingerprint density at radius 1 is 1.14 bits per heavy atom. The molecule has 1 aliphatic heterocycles. The van der Waals surface area contributed by atoms with Crippen LogP contribution in [0.5, 0.6) is 0 Å². The summed E-state index contributed by atoms with van der Waals surface area (Å²) in [4.78, 5) is 24.9. The molecule has 3 heterocycles. The zero-order valence-corrected chi connectivity index (χ0v) is 16.9. The molecule has 1 saturated heterocycles. The maximum absolute atomic E-state index is 13.2. The number of nitrogens with zero attached hydrogens (tertiary/aromatic N) is 5. The number of piperidine rings is 1. The number of rotatable bonds is 2. The number of hydrogen-bond acceptors (Lipinski definition) is 4. The lowest BCUT2D eigenvalue weighted by molar-refractivity contribution is 0.0632. The summed E-state index contributed by atoms with van der Waals surface area (Å²) in [6.45, 7) is 3.46. The summed E-state index contributed by atoms with van der Waals surface area (Å²) in [6.07, 6.45) is 7.77. The molecule has 6 heteroatoms. The maximum Gasteiger partial charge on any atom is 0.257 e. The molecule has 1 atom stereocenters. The molecular weight excluding hydrogens is 362 g/mol. The number of hydrogen-bond donors (Lipinski definition) is 0. The van der Waals surface area contributed by atoms with E-state index in [1.54, 1.807) is 10.9 Å². The Kier molecular flexibility index (Phi) is 4.23. The van der Waals surface area contributed by atoms with E-state index in [1.807, 2.05) is 55.4 Å². The van der Waals surface area contributed by atoms with Gasteiger partial charge in [-0.15, -0.1) is 0 Å². The van der Waals surface area contributed by atoms with Crippen LogP contribution in [0.3, 0.4) is 0 Å². The predicted molar refractivity (Wildman–Crippen MR) is 111 cm³/mol. The first-order chi connectivity index (χ1) is 14.1. The van der Waals surface area contributed by atoms with E-state index < -0.39 is 0 Å². The van der Waals surface area contributed by atoms with Crippen LogP contribution in [0.1, 0.15) is 46.6 Å². The summed E-state index contributed by atoms with van der Waals surface area (Å²) in [7, 11) is 1.87. The van der Waals surface area contributed by atoms with E-state index in [0.29, 0.717) is 5.56 Å². The Hall–Kier alpha value is -3.02. The van der Waals surface area contributed by atoms with Crippen LogP contribution in [0.25, 0.3) is 11.4 Å². The van der Waals surface area contributed by atoms with Crippen LogP contribution in [-0.4, -0.2) is 43.6 Å². The normalized spacial score (nSPS) is 20.8. The number of carbonyl (C=O) groups is 1. The van der Waals surface area contributed by atoms with Crippen molar-refractivity contribution in [3.63, 3.8) is 0 Å². The third-order valence-corrected chi connectivity index (χ3v) is 6.60. The van der Waals surface area contributed by atoms with Gasteiger partial charge in [0, 0.05) is 43.0 Å². The number of amides is 1. The molecule has 1 unspecified atom stereocenters. The molecular formula is C23H25N5O. The minimum absolute atomic E-state index is 0.0637. The highest BCUT2D eigenvalue weighted by Gasteiger charge is 2.45. The van der Waals surface area contributed by atoms with Crippen LogP contribution < -0.4 is 0 Å². The van der Waals surface area contributed by atoms with Crippen LogP contribution in [0, 0.1) is 6.92 Å². The van der Waals surface area contributed by atoms with Gasteiger partial charge in [-0.05, 0) is 38.2 Å². The fraction of sp³-hybridized carbons (Fsp3) is 0.391. The van der Waals surface area contributed by atoms with Gasteiger partial charge < -0.3 is 4.90 Å². The highest BCUT2D eigenvalue weighted by atomic mass is 16.2. The van der Waals surface area contributed by atoms with Gasteiger partial charge in [-0.25, -0.2) is 9.97 Å². The van der Waals surface area contributed by atoms with Crippen molar-refractivity contribution in [3.8, 4) is 11.4 Å². The average Bonchev–Trinajstić information content (AvgIpc) is 3.28. The largest absolute Gasteiger partial charge is 0.338 e. The molecule has 1 aliphatic carbocycles. The quantitative estimate of drug-likeness (QED) is 0.677. The van der Waals surface area contributed by atoms with Crippen LogP contribution in [0.4, 0.5) is 0 Å². The molecule has 148 valence electrons. The van der Waals surface area contributed by atoms with E-state index in [1.165, 1.54) is 5.56 Å². The first-order valence-corrected chi connectivity index (χ1v) is 10.3. The lowest BCUT2D eigenvalue weighted by atomic mass is 9.77. The van der Waals surface area contributed by atoms with Crippen LogP contribution in [-0.2, 0) is 18.9 Å². The van der Waals surface area contributed by atoms with Crippen molar-refractivity contribution in [2.75, 3.05) is 13.1 Å². The third-order valence-electron chi connectivity index (χ3n) is 6.60. The van der Waals surface area contributed by atoms with Crippen molar-refractivity contribution < 1.29 is 4.79 Å². The third kappa shape index (κ3) is 2.94. The van der Waals surface area contributed by atoms with Crippen LogP contribution in [0.2, 0.25) is 0 Å². The topological polar surface area (TPSA) is 63.9 Å². The molecule has 3 aromatic rings. The summed E-state index contributed by atoms with van der Waals surface area (Å²) in [5, 5.41) is 4.25. The zero-order chi connectivity index (χ0) is 20.0. The van der Waals surface area contributed by atoms with Crippen molar-refractivity contribution in [3.05, 3.63) is 65.2 Å². The summed E-state index contributed by atoms with van der Waals surface area (Å²) >= 11 is 0. The van der Waals surface area contributed by atoms with Crippen molar-refractivity contribution >= 4 is 5.91 Å². The Morgan fingerprint density at radius 2 is 1.97 bits per heavy atom. The molecule has 1 amide bonds. The van der Waals surface area contributed by atoms with Gasteiger partial charge in [-0.3, -0.25) is 9.48 Å². The molecule has 0 N–H and O–H groups in total. The van der Waals surface area contributed by atoms with Crippen LogP contribution >= 0.6 is 0 Å². The van der Waals surface area contributed by atoms with E-state index in [0.717, 1.165) is 61.5 Å². The molecule has 5 rings (SSSR count). The smallest absolute Gasteiger partial charge is 0.257 e. The lowest BCUT2D eigenvalue weighted by Gasteiger charge is -2.40. The number of fused-ring (bicyclic) bond motifs is 2. The first-order valence-electron chi connectivity index (χ1n) is 10.3.